The molecule has 4 aromatic rings. The van der Waals surface area contributed by atoms with E-state index in [1.807, 2.05) is 102 Å². The van der Waals surface area contributed by atoms with Gasteiger partial charge in [0.1, 0.15) is 28.8 Å². The Hall–Kier alpha value is -5.14. The van der Waals surface area contributed by atoms with E-state index in [4.69, 9.17) is 29.4 Å². The SMILES string of the molecule is CC(C)(C)Cc1ccc2c(c1)C(NC[C@@H](O)C(Cc1ccccc1)NC(=O)OC(C)(C)C)CCO2.CC(C)(C)Cc1ccc2c(c1)[C@@H](N)CCO2.CC(C)(C)OC(=O)NC(Cc1ccccc1)C1CO1. The highest BCUT2D eigenvalue weighted by molar-refractivity contribution is 5.68. The molecule has 12 nitrogen and oxygen atoms in total. The normalized spacial score (nSPS) is 18.7. The first kappa shape index (κ1) is 55.8. The molecule has 4 aromatic carbocycles. The zero-order valence-electron chi connectivity index (χ0n) is 44.2. The maximum Gasteiger partial charge on any atom is 0.407 e. The van der Waals surface area contributed by atoms with E-state index in [0.29, 0.717) is 31.6 Å². The van der Waals surface area contributed by atoms with Crippen LogP contribution in [0.1, 0.15) is 141 Å². The van der Waals surface area contributed by atoms with Crippen molar-refractivity contribution in [3.63, 3.8) is 0 Å². The average molecular weight is 965 g/mol. The van der Waals surface area contributed by atoms with E-state index in [-0.39, 0.29) is 35.7 Å². The molecular weight excluding hydrogens is 881 g/mol. The van der Waals surface area contributed by atoms with E-state index in [9.17, 15) is 14.7 Å². The van der Waals surface area contributed by atoms with Gasteiger partial charge in [0, 0.05) is 42.6 Å². The topological polar surface area (TPSA) is 166 Å². The minimum absolute atomic E-state index is 0.0303. The lowest BCUT2D eigenvalue weighted by Crippen LogP contribution is -2.50. The van der Waals surface area contributed by atoms with Crippen LogP contribution in [0, 0.1) is 10.8 Å². The van der Waals surface area contributed by atoms with Crippen molar-refractivity contribution in [2.45, 2.75) is 169 Å². The second-order valence-corrected chi connectivity index (χ2v) is 23.4. The number of rotatable bonds is 13. The Morgan fingerprint density at radius 1 is 0.643 bits per heavy atom. The van der Waals surface area contributed by atoms with E-state index >= 15 is 0 Å². The van der Waals surface area contributed by atoms with Crippen molar-refractivity contribution < 1.29 is 38.4 Å². The van der Waals surface area contributed by atoms with Crippen molar-refractivity contribution in [1.29, 1.82) is 0 Å². The number of aliphatic hydroxyl groups excluding tert-OH is 1. The highest BCUT2D eigenvalue weighted by Gasteiger charge is 2.35. The molecule has 6 N–H and O–H groups in total. The van der Waals surface area contributed by atoms with Gasteiger partial charge in [0.05, 0.1) is 38.0 Å². The lowest BCUT2D eigenvalue weighted by molar-refractivity contribution is 0.0417. The van der Waals surface area contributed by atoms with Crippen LogP contribution in [-0.2, 0) is 39.9 Å². The van der Waals surface area contributed by atoms with Crippen molar-refractivity contribution >= 4 is 12.2 Å². The molecule has 384 valence electrons. The summed E-state index contributed by atoms with van der Waals surface area (Å²) < 4.78 is 27.5. The van der Waals surface area contributed by atoms with Crippen molar-refractivity contribution in [3.05, 3.63) is 130 Å². The molecule has 3 aliphatic rings. The highest BCUT2D eigenvalue weighted by Crippen LogP contribution is 2.35. The van der Waals surface area contributed by atoms with E-state index in [0.717, 1.165) is 61.3 Å². The molecule has 1 fully saturated rings. The highest BCUT2D eigenvalue weighted by atomic mass is 16.6. The largest absolute Gasteiger partial charge is 0.493 e. The third-order valence-electron chi connectivity index (χ3n) is 11.6. The van der Waals surface area contributed by atoms with Crippen molar-refractivity contribution in [2.24, 2.45) is 16.6 Å². The maximum absolute atomic E-state index is 12.5. The summed E-state index contributed by atoms with van der Waals surface area (Å²) in [7, 11) is 0. The van der Waals surface area contributed by atoms with E-state index in [2.05, 4.69) is 93.9 Å². The molecule has 0 aromatic heterocycles. The summed E-state index contributed by atoms with van der Waals surface area (Å²) in [5.41, 5.74) is 12.7. The zero-order chi connectivity index (χ0) is 51.3. The van der Waals surface area contributed by atoms with Gasteiger partial charge in [-0.3, -0.25) is 0 Å². The van der Waals surface area contributed by atoms with Crippen molar-refractivity contribution in [3.8, 4) is 11.5 Å². The number of hydrogen-bond acceptors (Lipinski definition) is 10. The summed E-state index contributed by atoms with van der Waals surface area (Å²) in [5.74, 6) is 1.87. The molecular formula is C58H84N4O8. The van der Waals surface area contributed by atoms with Gasteiger partial charge >= 0.3 is 12.2 Å². The van der Waals surface area contributed by atoms with E-state index in [1.165, 1.54) is 22.3 Å². The average Bonchev–Trinajstić information content (AvgIpc) is 4.11. The molecule has 7 rings (SSSR count). The van der Waals surface area contributed by atoms with E-state index < -0.39 is 29.4 Å². The number of nitrogens with two attached hydrogens (primary N) is 1. The van der Waals surface area contributed by atoms with Gasteiger partial charge in [0.25, 0.3) is 0 Å². The first-order valence-electron chi connectivity index (χ1n) is 25.2. The lowest BCUT2D eigenvalue weighted by atomic mass is 9.86. The van der Waals surface area contributed by atoms with Crippen LogP contribution < -0.4 is 31.2 Å². The second-order valence-electron chi connectivity index (χ2n) is 23.4. The van der Waals surface area contributed by atoms with Crippen molar-refractivity contribution in [2.75, 3.05) is 26.4 Å². The number of fused-ring (bicyclic) bond motifs is 2. The number of carbonyl (C=O) groups excluding carboxylic acids is 2. The monoisotopic (exact) mass is 965 g/mol. The fraction of sp³-hybridized carbons (Fsp3) is 0.552. The molecule has 6 atom stereocenters. The number of epoxide rings is 1. The summed E-state index contributed by atoms with van der Waals surface area (Å²) in [6, 6.07) is 32.5. The summed E-state index contributed by atoms with van der Waals surface area (Å²) in [6.07, 6.45) is 3.45. The predicted octanol–water partition coefficient (Wildman–Crippen LogP) is 10.8. The van der Waals surface area contributed by atoms with E-state index in [1.54, 1.807) is 0 Å². The molecule has 3 aliphatic heterocycles. The Kier molecular flexibility index (Phi) is 19.8. The maximum atomic E-state index is 12.5. The lowest BCUT2D eigenvalue weighted by Gasteiger charge is -2.31. The van der Waals surface area contributed by atoms with Gasteiger partial charge in [-0.2, -0.15) is 0 Å². The fourth-order valence-corrected chi connectivity index (χ4v) is 8.48. The smallest absolute Gasteiger partial charge is 0.407 e. The Balaban J connectivity index is 0.000000218. The summed E-state index contributed by atoms with van der Waals surface area (Å²) in [5, 5.41) is 20.5. The second kappa shape index (κ2) is 24.8. The van der Waals surface area contributed by atoms with Gasteiger partial charge in [-0.15, -0.1) is 0 Å². The number of hydrogen-bond donors (Lipinski definition) is 5. The third-order valence-corrected chi connectivity index (χ3v) is 11.6. The summed E-state index contributed by atoms with van der Waals surface area (Å²) >= 11 is 0. The molecule has 0 bridgehead atoms. The predicted molar refractivity (Wildman–Crippen MR) is 279 cm³/mol. The summed E-state index contributed by atoms with van der Waals surface area (Å²) in [4.78, 5) is 24.3. The van der Waals surface area contributed by atoms with Crippen LogP contribution in [0.3, 0.4) is 0 Å². The standard InChI is InChI=1S/C29H42N2O4.C15H21NO3.C14H21NO/c1-28(2,3)18-21-12-13-26-22(16-21)23(14-15-34-26)30-19-25(32)24(17-20-10-8-7-9-11-20)31-27(33)35-29(4,5)6;1-15(2,3)19-14(17)16-12(13-10-18-13)9-11-7-5-4-6-8-11;1-14(2,3)9-10-4-5-13-11(8-10)12(15)6-7-16-13/h7-13,16,23-25,30,32H,14-15,17-19H2,1-6H3,(H,31,33);4-8,12-13H,9-10H2,1-3H3,(H,16,17);4-5,8,12H,6-7,9,15H2,1-3H3/t23?,24?,25-;;12-/m1.0/s1. The molecule has 0 aliphatic carbocycles. The zero-order valence-corrected chi connectivity index (χ0v) is 44.2. The van der Waals surface area contributed by atoms with Crippen LogP contribution in [0.25, 0.3) is 0 Å². The number of carbonyl (C=O) groups is 2. The fourth-order valence-electron chi connectivity index (χ4n) is 8.48. The van der Waals surface area contributed by atoms with Crippen LogP contribution >= 0.6 is 0 Å². The van der Waals surface area contributed by atoms with Crippen LogP contribution in [0.4, 0.5) is 9.59 Å². The van der Waals surface area contributed by atoms with Crippen molar-refractivity contribution in [1.82, 2.24) is 16.0 Å². The first-order chi connectivity index (χ1) is 32.8. The molecule has 0 radical (unpaired) electrons. The van der Waals surface area contributed by atoms with Gasteiger partial charge in [-0.1, -0.05) is 126 Å². The number of amides is 2. The Morgan fingerprint density at radius 3 is 1.61 bits per heavy atom. The quantitative estimate of drug-likeness (QED) is 0.0814. The molecule has 4 unspecified atom stereocenters. The number of nitrogens with one attached hydrogen (secondary N) is 3. The molecule has 3 heterocycles. The van der Waals surface area contributed by atoms with Crippen LogP contribution in [0.2, 0.25) is 0 Å². The Morgan fingerprint density at radius 2 is 1.11 bits per heavy atom. The molecule has 1 saturated heterocycles. The number of alkyl carbamates (subject to hydrolysis) is 2. The van der Waals surface area contributed by atoms with Crippen LogP contribution in [-0.4, -0.2) is 79.2 Å². The molecule has 70 heavy (non-hydrogen) atoms. The van der Waals surface area contributed by atoms with Crippen LogP contribution in [0.15, 0.2) is 97.1 Å². The van der Waals surface area contributed by atoms with Gasteiger partial charge in [-0.05, 0) is 112 Å². The Labute approximate surface area is 419 Å². The summed E-state index contributed by atoms with van der Waals surface area (Å²) in [6.45, 7) is 26.9. The number of ether oxygens (including phenoxy) is 5. The first-order valence-corrected chi connectivity index (χ1v) is 25.2. The van der Waals surface area contributed by atoms with Crippen LogP contribution in [0.5, 0.6) is 11.5 Å². The number of aliphatic hydroxyl groups is 1. The molecule has 0 saturated carbocycles. The van der Waals surface area contributed by atoms with Gasteiger partial charge < -0.3 is 50.5 Å². The van der Waals surface area contributed by atoms with Gasteiger partial charge in [0.15, 0.2) is 0 Å². The third kappa shape index (κ3) is 20.3. The Bertz CT molecular complexity index is 2240. The minimum Gasteiger partial charge on any atom is -0.493 e. The molecule has 2 amide bonds. The molecule has 12 heteroatoms. The number of benzene rings is 4. The molecule has 0 spiro atoms. The van der Waals surface area contributed by atoms with Gasteiger partial charge in [-0.25, -0.2) is 9.59 Å². The van der Waals surface area contributed by atoms with Gasteiger partial charge in [0.2, 0.25) is 0 Å². The minimum atomic E-state index is -0.799.